The van der Waals surface area contributed by atoms with Crippen molar-refractivity contribution in [2.24, 2.45) is 0 Å². The van der Waals surface area contributed by atoms with Gasteiger partial charge in [0.05, 0.1) is 4.90 Å². The molecule has 0 aromatic heterocycles. The van der Waals surface area contributed by atoms with E-state index in [4.69, 9.17) is 0 Å². The molecule has 5 nitrogen and oxygen atoms in total. The molecule has 110 valence electrons. The Bertz CT molecular complexity index is 797. The molecule has 0 saturated carbocycles. The van der Waals surface area contributed by atoms with Gasteiger partial charge in [-0.3, -0.25) is 4.79 Å². The van der Waals surface area contributed by atoms with Gasteiger partial charge in [-0.1, -0.05) is 12.1 Å². The van der Waals surface area contributed by atoms with Crippen LogP contribution in [0.3, 0.4) is 0 Å². The van der Waals surface area contributed by atoms with E-state index >= 15 is 0 Å². The molecular formula is C15H15NO4S. The largest absolute Gasteiger partial charge is 0.508 e. The summed E-state index contributed by atoms with van der Waals surface area (Å²) in [6.45, 7) is 1.75. The van der Waals surface area contributed by atoms with E-state index in [1.165, 1.54) is 30.3 Å². The second kappa shape index (κ2) is 5.57. The summed E-state index contributed by atoms with van der Waals surface area (Å²) in [7, 11) is -3.36. The van der Waals surface area contributed by atoms with Gasteiger partial charge in [-0.25, -0.2) is 8.42 Å². The fourth-order valence-corrected chi connectivity index (χ4v) is 2.43. The molecule has 2 aromatic carbocycles. The molecule has 0 heterocycles. The van der Waals surface area contributed by atoms with Gasteiger partial charge in [0.2, 0.25) is 0 Å². The van der Waals surface area contributed by atoms with Crippen LogP contribution in [0.4, 0.5) is 5.69 Å². The number of benzene rings is 2. The van der Waals surface area contributed by atoms with Crippen LogP contribution < -0.4 is 5.32 Å². The molecule has 0 aliphatic rings. The number of phenols is 1. The molecule has 0 spiro atoms. The van der Waals surface area contributed by atoms with Crippen molar-refractivity contribution in [3.8, 4) is 5.75 Å². The normalized spacial score (nSPS) is 11.1. The summed E-state index contributed by atoms with van der Waals surface area (Å²) in [5, 5.41) is 12.2. The predicted octanol–water partition coefficient (Wildman–Crippen LogP) is 2.36. The number of aryl methyl sites for hydroxylation is 1. The first-order valence-electron chi connectivity index (χ1n) is 6.18. The third-order valence-corrected chi connectivity index (χ3v) is 4.10. The second-order valence-corrected chi connectivity index (χ2v) is 6.77. The zero-order valence-electron chi connectivity index (χ0n) is 11.6. The van der Waals surface area contributed by atoms with Gasteiger partial charge >= 0.3 is 0 Å². The third-order valence-electron chi connectivity index (χ3n) is 2.99. The van der Waals surface area contributed by atoms with Crippen LogP contribution in [0.25, 0.3) is 0 Å². The molecule has 0 aliphatic carbocycles. The summed E-state index contributed by atoms with van der Waals surface area (Å²) >= 11 is 0. The summed E-state index contributed by atoms with van der Waals surface area (Å²) in [5.74, 6) is -0.360. The van der Waals surface area contributed by atoms with Crippen LogP contribution in [0.2, 0.25) is 0 Å². The highest BCUT2D eigenvalue weighted by Gasteiger charge is 2.12. The summed E-state index contributed by atoms with van der Waals surface area (Å²) in [6, 6.07) is 10.6. The highest BCUT2D eigenvalue weighted by molar-refractivity contribution is 7.90. The first-order chi connectivity index (χ1) is 9.77. The topological polar surface area (TPSA) is 83.5 Å². The van der Waals surface area contributed by atoms with Crippen LogP contribution >= 0.6 is 0 Å². The number of nitrogens with one attached hydrogen (secondary N) is 1. The molecule has 21 heavy (non-hydrogen) atoms. The molecule has 2 aromatic rings. The second-order valence-electron chi connectivity index (χ2n) is 4.76. The van der Waals surface area contributed by atoms with E-state index in [1.54, 1.807) is 19.1 Å². The van der Waals surface area contributed by atoms with E-state index in [-0.39, 0.29) is 16.2 Å². The molecule has 0 bridgehead atoms. The van der Waals surface area contributed by atoms with Crippen molar-refractivity contribution in [3.05, 3.63) is 53.6 Å². The number of carbonyl (C=O) groups is 1. The maximum atomic E-state index is 12.1. The number of hydrogen-bond acceptors (Lipinski definition) is 4. The standard InChI is InChI=1S/C15H15NO4S/c1-10-6-7-12(9-14(10)17)16-15(18)11-4-3-5-13(8-11)21(2,19)20/h3-9,17H,1-2H3,(H,16,18). The third kappa shape index (κ3) is 3.61. The highest BCUT2D eigenvalue weighted by Crippen LogP contribution is 2.21. The zero-order valence-corrected chi connectivity index (χ0v) is 12.4. The Labute approximate surface area is 123 Å². The molecule has 0 radical (unpaired) electrons. The number of anilines is 1. The van der Waals surface area contributed by atoms with E-state index in [9.17, 15) is 18.3 Å². The van der Waals surface area contributed by atoms with E-state index in [2.05, 4.69) is 5.32 Å². The summed E-state index contributed by atoms with van der Waals surface area (Å²) < 4.78 is 23.0. The molecule has 0 saturated heterocycles. The van der Waals surface area contributed by atoms with Crippen molar-refractivity contribution < 1.29 is 18.3 Å². The number of phenolic OH excluding ortho intramolecular Hbond substituents is 1. The molecule has 0 aliphatic heterocycles. The summed E-state index contributed by atoms with van der Waals surface area (Å²) in [6.07, 6.45) is 1.09. The zero-order chi connectivity index (χ0) is 15.6. The van der Waals surface area contributed by atoms with Gasteiger partial charge in [0, 0.05) is 23.6 Å². The summed E-state index contributed by atoms with van der Waals surface area (Å²) in [4.78, 5) is 12.2. The number of hydrogen-bond donors (Lipinski definition) is 2. The molecule has 0 unspecified atom stereocenters. The van der Waals surface area contributed by atoms with Crippen molar-refractivity contribution in [1.82, 2.24) is 0 Å². The van der Waals surface area contributed by atoms with Crippen molar-refractivity contribution >= 4 is 21.4 Å². The van der Waals surface area contributed by atoms with E-state index in [0.29, 0.717) is 11.3 Å². The van der Waals surface area contributed by atoms with Gasteiger partial charge in [0.25, 0.3) is 5.91 Å². The van der Waals surface area contributed by atoms with Crippen LogP contribution in [0.15, 0.2) is 47.4 Å². The van der Waals surface area contributed by atoms with Crippen LogP contribution in [-0.2, 0) is 9.84 Å². The van der Waals surface area contributed by atoms with E-state index in [1.807, 2.05) is 0 Å². The fourth-order valence-electron chi connectivity index (χ4n) is 1.76. The minimum atomic E-state index is -3.36. The molecule has 6 heteroatoms. The number of amides is 1. The van der Waals surface area contributed by atoms with Crippen LogP contribution in [-0.4, -0.2) is 25.7 Å². The Hall–Kier alpha value is -2.34. The smallest absolute Gasteiger partial charge is 0.255 e. The SMILES string of the molecule is Cc1ccc(NC(=O)c2cccc(S(C)(=O)=O)c2)cc1O. The molecule has 2 rings (SSSR count). The van der Waals surface area contributed by atoms with Crippen molar-refractivity contribution in [2.75, 3.05) is 11.6 Å². The van der Waals surface area contributed by atoms with E-state index < -0.39 is 15.7 Å². The van der Waals surface area contributed by atoms with E-state index in [0.717, 1.165) is 6.26 Å². The van der Waals surface area contributed by atoms with Gasteiger partial charge < -0.3 is 10.4 Å². The summed E-state index contributed by atoms with van der Waals surface area (Å²) in [5.41, 5.74) is 1.37. The Morgan fingerprint density at radius 3 is 2.48 bits per heavy atom. The average Bonchev–Trinajstić information content (AvgIpc) is 2.42. The Balaban J connectivity index is 2.26. The van der Waals surface area contributed by atoms with Crippen LogP contribution in [0.5, 0.6) is 5.75 Å². The first kappa shape index (κ1) is 15.1. The lowest BCUT2D eigenvalue weighted by Crippen LogP contribution is -2.12. The minimum Gasteiger partial charge on any atom is -0.508 e. The predicted molar refractivity (Wildman–Crippen MR) is 80.3 cm³/mol. The molecule has 0 atom stereocenters. The quantitative estimate of drug-likeness (QED) is 0.912. The minimum absolute atomic E-state index is 0.0812. The number of carbonyl (C=O) groups excluding carboxylic acids is 1. The highest BCUT2D eigenvalue weighted by atomic mass is 32.2. The van der Waals surface area contributed by atoms with Gasteiger partial charge in [0.15, 0.2) is 9.84 Å². The monoisotopic (exact) mass is 305 g/mol. The number of sulfone groups is 1. The van der Waals surface area contributed by atoms with Crippen molar-refractivity contribution in [1.29, 1.82) is 0 Å². The lowest BCUT2D eigenvalue weighted by Gasteiger charge is -2.08. The maximum absolute atomic E-state index is 12.1. The van der Waals surface area contributed by atoms with Crippen molar-refractivity contribution in [3.63, 3.8) is 0 Å². The van der Waals surface area contributed by atoms with Crippen LogP contribution in [0.1, 0.15) is 15.9 Å². The number of aromatic hydroxyl groups is 1. The Kier molecular flexibility index (Phi) is 3.99. The number of rotatable bonds is 3. The lowest BCUT2D eigenvalue weighted by molar-refractivity contribution is 0.102. The van der Waals surface area contributed by atoms with Gasteiger partial charge in [-0.2, -0.15) is 0 Å². The van der Waals surface area contributed by atoms with Gasteiger partial charge in [-0.15, -0.1) is 0 Å². The Morgan fingerprint density at radius 1 is 1.14 bits per heavy atom. The molecule has 1 amide bonds. The average molecular weight is 305 g/mol. The molecular weight excluding hydrogens is 290 g/mol. The van der Waals surface area contributed by atoms with Gasteiger partial charge in [-0.05, 0) is 36.8 Å². The lowest BCUT2D eigenvalue weighted by atomic mass is 10.2. The van der Waals surface area contributed by atoms with Gasteiger partial charge in [0.1, 0.15) is 5.75 Å². The first-order valence-corrected chi connectivity index (χ1v) is 8.07. The Morgan fingerprint density at radius 2 is 1.86 bits per heavy atom. The van der Waals surface area contributed by atoms with Crippen molar-refractivity contribution in [2.45, 2.75) is 11.8 Å². The van der Waals surface area contributed by atoms with Crippen LogP contribution in [0, 0.1) is 6.92 Å². The molecule has 2 N–H and O–H groups in total. The fraction of sp³-hybridized carbons (Fsp3) is 0.133. The molecule has 0 fully saturated rings. The maximum Gasteiger partial charge on any atom is 0.255 e.